The van der Waals surface area contributed by atoms with Crippen LogP contribution in [-0.4, -0.2) is 24.4 Å². The van der Waals surface area contributed by atoms with Crippen LogP contribution in [0, 0.1) is 5.82 Å². The lowest BCUT2D eigenvalue weighted by atomic mass is 10.0. The van der Waals surface area contributed by atoms with Gasteiger partial charge in [-0.2, -0.15) is 0 Å². The summed E-state index contributed by atoms with van der Waals surface area (Å²) in [7, 11) is 0. The Morgan fingerprint density at radius 2 is 2.07 bits per heavy atom. The monoisotopic (exact) mass is 404 g/mol. The van der Waals surface area contributed by atoms with Gasteiger partial charge in [-0.3, -0.25) is 0 Å². The van der Waals surface area contributed by atoms with Crippen molar-refractivity contribution in [3.8, 4) is 0 Å². The predicted octanol–water partition coefficient (Wildman–Crippen LogP) is 4.08. The minimum atomic E-state index is -0.723. The van der Waals surface area contributed by atoms with E-state index in [4.69, 9.17) is 9.15 Å². The first-order valence-electron chi connectivity index (χ1n) is 8.87. The summed E-state index contributed by atoms with van der Waals surface area (Å²) in [5.74, 6) is 0.0192. The van der Waals surface area contributed by atoms with E-state index >= 15 is 0 Å². The molecule has 28 heavy (non-hydrogen) atoms. The van der Waals surface area contributed by atoms with Crippen molar-refractivity contribution in [1.82, 2.24) is 10.6 Å². The van der Waals surface area contributed by atoms with Crippen molar-refractivity contribution in [2.45, 2.75) is 25.1 Å². The normalized spacial score (nSPS) is 17.7. The van der Waals surface area contributed by atoms with Crippen LogP contribution in [0.1, 0.15) is 36.5 Å². The lowest BCUT2D eigenvalue weighted by Gasteiger charge is -2.28. The molecule has 0 spiro atoms. The molecule has 1 aliphatic heterocycles. The van der Waals surface area contributed by atoms with E-state index < -0.39 is 18.0 Å². The molecule has 0 aliphatic carbocycles. The van der Waals surface area contributed by atoms with E-state index in [1.165, 1.54) is 30.2 Å². The Kier molecular flexibility index (Phi) is 6.41. The Morgan fingerprint density at radius 3 is 2.71 bits per heavy atom. The summed E-state index contributed by atoms with van der Waals surface area (Å²) in [6.07, 6.45) is 1.48. The van der Waals surface area contributed by atoms with Gasteiger partial charge < -0.3 is 19.8 Å². The minimum Gasteiger partial charge on any atom is -0.467 e. The number of rotatable bonds is 7. The summed E-state index contributed by atoms with van der Waals surface area (Å²) >= 11 is 1.52. The molecule has 0 bridgehead atoms. The molecule has 2 atom stereocenters. The van der Waals surface area contributed by atoms with E-state index in [1.807, 2.05) is 6.92 Å². The van der Waals surface area contributed by atoms with Gasteiger partial charge in [0, 0.05) is 16.7 Å². The number of thioether (sulfide) groups is 1. The molecule has 6 nitrogen and oxygen atoms in total. The van der Waals surface area contributed by atoms with E-state index in [-0.39, 0.29) is 17.7 Å². The van der Waals surface area contributed by atoms with E-state index in [2.05, 4.69) is 10.6 Å². The molecule has 2 N–H and O–H groups in total. The smallest absolute Gasteiger partial charge is 0.338 e. The Balaban J connectivity index is 1.86. The number of hydrogen-bond acceptors (Lipinski definition) is 5. The molecule has 2 aromatic rings. The lowest BCUT2D eigenvalue weighted by Crippen LogP contribution is -2.46. The molecular weight excluding hydrogens is 383 g/mol. The predicted molar refractivity (Wildman–Crippen MR) is 104 cm³/mol. The van der Waals surface area contributed by atoms with Gasteiger partial charge in [0.2, 0.25) is 0 Å². The standard InChI is InChI=1S/C20H21FN2O4S/c1-3-26-19(24)17-15(11-28-12(2)13-6-8-14(21)9-7-13)22-20(25)23-18(17)16-5-4-10-27-16/h4-10,12,18H,3,11H2,1-2H3,(H2,22,23,25). The zero-order valence-corrected chi connectivity index (χ0v) is 16.3. The van der Waals surface area contributed by atoms with Crippen LogP contribution in [-0.2, 0) is 9.53 Å². The highest BCUT2D eigenvalue weighted by Crippen LogP contribution is 2.33. The first-order valence-corrected chi connectivity index (χ1v) is 9.92. The molecule has 1 aromatic heterocycles. The summed E-state index contributed by atoms with van der Waals surface area (Å²) in [5, 5.41) is 5.46. The molecule has 0 radical (unpaired) electrons. The average molecular weight is 404 g/mol. The fourth-order valence-corrected chi connectivity index (χ4v) is 3.88. The van der Waals surface area contributed by atoms with Crippen molar-refractivity contribution in [3.63, 3.8) is 0 Å². The Labute approximate surface area is 166 Å². The van der Waals surface area contributed by atoms with E-state index in [0.717, 1.165) is 5.56 Å². The van der Waals surface area contributed by atoms with Crippen LogP contribution in [0.4, 0.5) is 9.18 Å². The minimum absolute atomic E-state index is 0.0328. The average Bonchev–Trinajstić information content (AvgIpc) is 3.21. The van der Waals surface area contributed by atoms with Crippen molar-refractivity contribution < 1.29 is 23.1 Å². The highest BCUT2D eigenvalue weighted by atomic mass is 32.2. The molecular formula is C20H21FN2O4S. The molecule has 2 amide bonds. The number of amides is 2. The van der Waals surface area contributed by atoms with Gasteiger partial charge in [0.1, 0.15) is 17.6 Å². The van der Waals surface area contributed by atoms with Gasteiger partial charge in [-0.05, 0) is 43.7 Å². The SMILES string of the molecule is CCOC(=O)C1=C(CSC(C)c2ccc(F)cc2)NC(=O)NC1c1ccco1. The summed E-state index contributed by atoms with van der Waals surface area (Å²) in [4.78, 5) is 24.8. The third kappa shape index (κ3) is 4.56. The number of esters is 1. The molecule has 148 valence electrons. The zero-order chi connectivity index (χ0) is 20.1. The number of furan rings is 1. The summed E-state index contributed by atoms with van der Waals surface area (Å²) in [6, 6.07) is 8.52. The van der Waals surface area contributed by atoms with E-state index in [9.17, 15) is 14.0 Å². The van der Waals surface area contributed by atoms with E-state index in [1.54, 1.807) is 31.2 Å². The van der Waals surface area contributed by atoms with Gasteiger partial charge in [0.15, 0.2) is 0 Å². The molecule has 8 heteroatoms. The van der Waals surface area contributed by atoms with Gasteiger partial charge in [0.25, 0.3) is 0 Å². The fraction of sp³-hybridized carbons (Fsp3) is 0.300. The number of halogens is 1. The number of benzene rings is 1. The van der Waals surface area contributed by atoms with E-state index in [0.29, 0.717) is 22.8 Å². The largest absolute Gasteiger partial charge is 0.467 e. The van der Waals surface area contributed by atoms with Crippen LogP contribution in [0.25, 0.3) is 0 Å². The molecule has 0 fully saturated rings. The molecule has 1 aliphatic rings. The van der Waals surface area contributed by atoms with Gasteiger partial charge in [-0.15, -0.1) is 11.8 Å². The zero-order valence-electron chi connectivity index (χ0n) is 15.5. The second-order valence-electron chi connectivity index (χ2n) is 6.16. The maximum absolute atomic E-state index is 13.1. The second kappa shape index (κ2) is 8.97. The lowest BCUT2D eigenvalue weighted by molar-refractivity contribution is -0.139. The van der Waals surface area contributed by atoms with Gasteiger partial charge >= 0.3 is 12.0 Å². The number of carbonyl (C=O) groups is 2. The van der Waals surface area contributed by atoms with Gasteiger partial charge in [-0.25, -0.2) is 14.0 Å². The van der Waals surface area contributed by atoms with Crippen LogP contribution in [0.15, 0.2) is 58.3 Å². The third-order valence-electron chi connectivity index (χ3n) is 4.29. The molecule has 0 saturated carbocycles. The van der Waals surface area contributed by atoms with Crippen LogP contribution in [0.2, 0.25) is 0 Å². The molecule has 2 heterocycles. The van der Waals surface area contributed by atoms with Gasteiger partial charge in [-0.1, -0.05) is 12.1 Å². The van der Waals surface area contributed by atoms with Crippen LogP contribution in [0.3, 0.4) is 0 Å². The highest BCUT2D eigenvalue weighted by molar-refractivity contribution is 7.99. The Hall–Kier alpha value is -2.74. The first kappa shape index (κ1) is 20.0. The molecule has 1 aromatic carbocycles. The fourth-order valence-electron chi connectivity index (χ4n) is 2.89. The number of nitrogens with one attached hydrogen (secondary N) is 2. The third-order valence-corrected chi connectivity index (χ3v) is 5.52. The quantitative estimate of drug-likeness (QED) is 0.680. The Morgan fingerprint density at radius 1 is 1.32 bits per heavy atom. The van der Waals surface area contributed by atoms with Crippen LogP contribution in [0.5, 0.6) is 0 Å². The maximum Gasteiger partial charge on any atom is 0.338 e. The number of carbonyl (C=O) groups excluding carboxylic acids is 2. The van der Waals surface area contributed by atoms with Crippen LogP contribution >= 0.6 is 11.8 Å². The van der Waals surface area contributed by atoms with Crippen molar-refractivity contribution in [2.75, 3.05) is 12.4 Å². The van der Waals surface area contributed by atoms with Crippen molar-refractivity contribution >= 4 is 23.8 Å². The van der Waals surface area contributed by atoms with Crippen molar-refractivity contribution in [2.24, 2.45) is 0 Å². The summed E-state index contributed by atoms with van der Waals surface area (Å²) in [5.41, 5.74) is 1.74. The Bertz CT molecular complexity index is 865. The topological polar surface area (TPSA) is 80.6 Å². The maximum atomic E-state index is 13.1. The highest BCUT2D eigenvalue weighted by Gasteiger charge is 2.35. The van der Waals surface area contributed by atoms with Gasteiger partial charge in [0.05, 0.1) is 18.4 Å². The van der Waals surface area contributed by atoms with Crippen molar-refractivity contribution in [1.29, 1.82) is 0 Å². The van der Waals surface area contributed by atoms with Crippen molar-refractivity contribution in [3.05, 3.63) is 71.1 Å². The summed E-state index contributed by atoms with van der Waals surface area (Å²) < 4.78 is 23.7. The first-order chi connectivity index (χ1) is 13.5. The number of hydrogen-bond donors (Lipinski definition) is 2. The van der Waals surface area contributed by atoms with Crippen LogP contribution < -0.4 is 10.6 Å². The molecule has 3 rings (SSSR count). The number of urea groups is 1. The number of ether oxygens (including phenoxy) is 1. The molecule has 2 unspecified atom stereocenters. The summed E-state index contributed by atoms with van der Waals surface area (Å²) in [6.45, 7) is 3.92. The molecule has 0 saturated heterocycles. The second-order valence-corrected chi connectivity index (χ2v) is 7.49.